The van der Waals surface area contributed by atoms with Gasteiger partial charge in [0.15, 0.2) is 11.7 Å². The number of nitrogens with two attached hydrogens (primary N) is 1. The van der Waals surface area contributed by atoms with Crippen LogP contribution in [-0.4, -0.2) is 28.1 Å². The van der Waals surface area contributed by atoms with Crippen molar-refractivity contribution in [2.45, 2.75) is 134 Å². The van der Waals surface area contributed by atoms with Crippen LogP contribution in [0.5, 0.6) is 0 Å². The van der Waals surface area contributed by atoms with Gasteiger partial charge in [0.05, 0.1) is 11.7 Å². The molecule has 7 aliphatic carbocycles. The maximum Gasteiger partial charge on any atom is 0.160 e. The predicted octanol–water partition coefficient (Wildman–Crippen LogP) is 24.6. The van der Waals surface area contributed by atoms with E-state index in [0.29, 0.717) is 12.3 Å². The average Bonchev–Trinajstić information content (AvgIpc) is 1.55. The summed E-state index contributed by atoms with van der Waals surface area (Å²) in [5, 5.41) is 6.53. The van der Waals surface area contributed by atoms with Crippen molar-refractivity contribution in [2.24, 2.45) is 21.1 Å². The Morgan fingerprint density at radius 2 is 1.37 bits per heavy atom. The highest BCUT2D eigenvalue weighted by Gasteiger charge is 2.53. The van der Waals surface area contributed by atoms with Crippen LogP contribution in [-0.2, 0) is 23.7 Å². The van der Waals surface area contributed by atoms with Gasteiger partial charge in [0.25, 0.3) is 0 Å². The Labute approximate surface area is 649 Å². The zero-order valence-electron chi connectivity index (χ0n) is 64.0. The maximum atomic E-state index is 6.86. The third-order valence-corrected chi connectivity index (χ3v) is 25.4. The number of hydrogen-bond acceptors (Lipinski definition) is 5. The van der Waals surface area contributed by atoms with Gasteiger partial charge < -0.3 is 11.1 Å². The zero-order chi connectivity index (χ0) is 74.7. The molecule has 1 aliphatic heterocycles. The van der Waals surface area contributed by atoms with Crippen LogP contribution in [0.2, 0.25) is 0 Å². The molecule has 6 heteroatoms. The molecule has 0 fully saturated rings. The van der Waals surface area contributed by atoms with Gasteiger partial charge in [0.1, 0.15) is 6.17 Å². The van der Waals surface area contributed by atoms with E-state index in [2.05, 4.69) is 320 Å². The molecule has 0 radical (unpaired) electrons. The quantitative estimate of drug-likeness (QED) is 0.0839. The molecule has 1 aromatic heterocycles. The third kappa shape index (κ3) is 13.1. The smallest absolute Gasteiger partial charge is 0.160 e. The second-order valence-electron chi connectivity index (χ2n) is 32.4. The van der Waals surface area contributed by atoms with Crippen molar-refractivity contribution < 1.29 is 0 Å². The van der Waals surface area contributed by atoms with Crippen LogP contribution in [0.25, 0.3) is 66.9 Å². The normalized spacial score (nSPS) is 21.7. The molecule has 8 aliphatic rings. The molecule has 0 bridgehead atoms. The molecule has 6 nitrogen and oxygen atoms in total. The molecule has 0 spiro atoms. The van der Waals surface area contributed by atoms with Gasteiger partial charge in [-0.3, -0.25) is 0 Å². The molecule has 110 heavy (non-hydrogen) atoms. The minimum atomic E-state index is -0.565. The lowest BCUT2D eigenvalue weighted by Gasteiger charge is -2.42. The topological polar surface area (TPSA) is 88.5 Å². The lowest BCUT2D eigenvalue weighted by atomic mass is 9.61. The van der Waals surface area contributed by atoms with E-state index in [1.807, 2.05) is 36.5 Å². The van der Waals surface area contributed by atoms with E-state index in [0.717, 1.165) is 96.4 Å². The summed E-state index contributed by atoms with van der Waals surface area (Å²) in [5.41, 5.74) is 40.4. The first kappa shape index (κ1) is 70.0. The lowest BCUT2D eigenvalue weighted by molar-refractivity contribution is 0.275. The van der Waals surface area contributed by atoms with Crippen molar-refractivity contribution in [1.29, 1.82) is 0 Å². The lowest BCUT2D eigenvalue weighted by Crippen LogP contribution is -2.35. The van der Waals surface area contributed by atoms with E-state index in [1.165, 1.54) is 122 Å². The van der Waals surface area contributed by atoms with Crippen LogP contribution < -0.4 is 11.1 Å². The molecular weight excluding hydrogens is 1330 g/mol. The monoisotopic (exact) mass is 1430 g/mol. The van der Waals surface area contributed by atoms with Crippen molar-refractivity contribution in [3.63, 3.8) is 0 Å². The Balaban J connectivity index is 0.614. The maximum absolute atomic E-state index is 6.86. The van der Waals surface area contributed by atoms with Crippen LogP contribution in [0.3, 0.4) is 0 Å². The van der Waals surface area contributed by atoms with Gasteiger partial charge in [-0.05, 0) is 186 Å². The SMILES string of the molecule is CC/C1=C(\C=C/Cc2cc(-c3ccc(C4=CCCC=C4)cc3)nc(-c3ccc4ccccc4c3)n2)c2ccc(C3C=CC4=C(C3)C(C)(C)c3cc(C5=CC=C(/C=N/C(=N\C(N)c6ccccc6)c6ccc(C7=CC=C8c9ccccc9C(C)(C)C8(C)C7)cc6)CC5)ccc34)cc2Cc2ccccc2C2C=CC=CC2N1. The number of nitrogens with zero attached hydrogens (tertiary/aromatic N) is 4. The molecule has 540 valence electrons. The standard InChI is InChI=1S/C104H94N6/c1-7-96-89(34-22-30-84-64-98(73-46-41-70(42-47-73)68-23-10-8-11-24-68)109-101(107-84)81-50-45-69-25-14-15-28-76(69)59-81)86-55-51-77(60-83(86)61-80-29-16-17-31-85(80)90-32-19-21-36-97(90)108-96)79-53-57-88-87-56-52-78(62-94(87)102(2,3)95(88)63-79)71-39-37-67(38-40-71)66-106-100(110-99(105)74-26-12-9-13-27-74)75-48-43-72(44-49-75)82-54-58-93-91-33-18-20-35-92(91)103(4,5)104(93,6)65-82/h9-10,12-29,31-37,39,41-60,62,64,66,79,90,97,99,108H,7-8,11,30,38,40,61,63,65,105H2,1-6H3/b34-22-,96-89-,106-66+,110-100-. The number of aliphatic imine (C=N–C) groups is 2. The van der Waals surface area contributed by atoms with Gasteiger partial charge in [0.2, 0.25) is 0 Å². The van der Waals surface area contributed by atoms with Crippen LogP contribution in [0.15, 0.2) is 330 Å². The van der Waals surface area contributed by atoms with Crippen LogP contribution >= 0.6 is 0 Å². The second-order valence-corrected chi connectivity index (χ2v) is 32.4. The largest absolute Gasteiger partial charge is 0.381 e. The summed E-state index contributed by atoms with van der Waals surface area (Å²) in [5.74, 6) is 1.73. The Hall–Kier alpha value is -11.7. The van der Waals surface area contributed by atoms with Gasteiger partial charge in [-0.2, -0.15) is 0 Å². The molecule has 0 saturated heterocycles. The van der Waals surface area contributed by atoms with E-state index in [9.17, 15) is 0 Å². The number of hydrogen-bond donors (Lipinski definition) is 2. The summed E-state index contributed by atoms with van der Waals surface area (Å²) in [4.78, 5) is 21.0. The number of fused-ring (bicyclic) bond motifs is 10. The number of nitrogens with one attached hydrogen (secondary N) is 1. The molecule has 5 unspecified atom stereocenters. The molecular formula is C104H94N6. The van der Waals surface area contributed by atoms with E-state index < -0.39 is 6.17 Å². The third-order valence-electron chi connectivity index (χ3n) is 25.4. The van der Waals surface area contributed by atoms with Crippen LogP contribution in [0, 0.1) is 5.41 Å². The van der Waals surface area contributed by atoms with Crippen molar-refractivity contribution in [3.05, 3.63) is 404 Å². The molecule has 18 rings (SSSR count). The molecule has 0 saturated carbocycles. The molecule has 5 atom stereocenters. The summed E-state index contributed by atoms with van der Waals surface area (Å²) in [7, 11) is 0. The summed E-state index contributed by atoms with van der Waals surface area (Å²) >= 11 is 0. The Morgan fingerprint density at radius 1 is 0.618 bits per heavy atom. The van der Waals surface area contributed by atoms with Gasteiger partial charge in [0, 0.05) is 74.4 Å². The van der Waals surface area contributed by atoms with E-state index in [-0.39, 0.29) is 34.1 Å². The fourth-order valence-corrected chi connectivity index (χ4v) is 18.7. The molecule has 10 aromatic rings. The number of aromatic nitrogens is 2. The number of amidine groups is 1. The second kappa shape index (κ2) is 29.0. The molecule has 9 aromatic carbocycles. The highest BCUT2D eigenvalue weighted by Crippen LogP contribution is 2.63. The van der Waals surface area contributed by atoms with E-state index in [1.54, 1.807) is 0 Å². The first-order valence-electron chi connectivity index (χ1n) is 39.8. The summed E-state index contributed by atoms with van der Waals surface area (Å²) in [6, 6.07) is 78.0. The highest BCUT2D eigenvalue weighted by molar-refractivity contribution is 6.06. The van der Waals surface area contributed by atoms with Crippen molar-refractivity contribution in [3.8, 4) is 22.6 Å². The minimum Gasteiger partial charge on any atom is -0.381 e. The van der Waals surface area contributed by atoms with Gasteiger partial charge in [-0.25, -0.2) is 20.0 Å². The summed E-state index contributed by atoms with van der Waals surface area (Å²) in [6.45, 7) is 14.5. The first-order chi connectivity index (χ1) is 53.7. The van der Waals surface area contributed by atoms with E-state index >= 15 is 0 Å². The summed E-state index contributed by atoms with van der Waals surface area (Å²) in [6.07, 6.45) is 44.5. The minimum absolute atomic E-state index is 0.000425. The Kier molecular flexibility index (Phi) is 18.5. The summed E-state index contributed by atoms with van der Waals surface area (Å²) < 4.78 is 0. The highest BCUT2D eigenvalue weighted by atomic mass is 15.0. The van der Waals surface area contributed by atoms with Crippen molar-refractivity contribution >= 4 is 56.3 Å². The zero-order valence-corrected chi connectivity index (χ0v) is 64.0. The van der Waals surface area contributed by atoms with Crippen LogP contribution in [0.1, 0.15) is 188 Å². The van der Waals surface area contributed by atoms with Crippen molar-refractivity contribution in [2.75, 3.05) is 0 Å². The fourth-order valence-electron chi connectivity index (χ4n) is 18.7. The van der Waals surface area contributed by atoms with Gasteiger partial charge in [-0.1, -0.05) is 332 Å². The van der Waals surface area contributed by atoms with E-state index in [4.69, 9.17) is 25.7 Å². The molecule has 0 amide bonds. The number of rotatable bonds is 14. The Morgan fingerprint density at radius 3 is 2.20 bits per heavy atom. The molecule has 2 heterocycles. The van der Waals surface area contributed by atoms with Gasteiger partial charge in [-0.15, -0.1) is 0 Å². The number of benzene rings is 9. The average molecular weight is 1430 g/mol. The first-order valence-corrected chi connectivity index (χ1v) is 39.8. The number of allylic oxidation sites excluding steroid dienone is 22. The van der Waals surface area contributed by atoms with Crippen LogP contribution in [0.4, 0.5) is 0 Å². The fraction of sp³-hybridized carbons (Fsp3) is 0.212. The van der Waals surface area contributed by atoms with Crippen molar-refractivity contribution in [1.82, 2.24) is 15.3 Å². The predicted molar refractivity (Wildman–Crippen MR) is 462 cm³/mol. The van der Waals surface area contributed by atoms with Gasteiger partial charge >= 0.3 is 0 Å². The molecule has 3 N–H and O–H groups in total. The Bertz CT molecular complexity index is 5820.